The molecule has 14 heavy (non-hydrogen) atoms. The minimum Gasteiger partial charge on any atom is -0.373 e. The summed E-state index contributed by atoms with van der Waals surface area (Å²) in [7, 11) is 1.96. The smallest absolute Gasteiger partial charge is 0.373 e. The predicted octanol–water partition coefficient (Wildman–Crippen LogP) is 0.929. The minimum atomic E-state index is -2.75. The molecule has 0 spiro atoms. The average molecular weight is 278 g/mol. The first-order chi connectivity index (χ1) is 6.70. The molecule has 0 aromatic carbocycles. The van der Waals surface area contributed by atoms with E-state index >= 15 is 0 Å². The van der Waals surface area contributed by atoms with Crippen LogP contribution in [0.1, 0.15) is 0 Å². The molecular weight excluding hydrogens is 266 g/mol. The van der Waals surface area contributed by atoms with E-state index in [2.05, 4.69) is 20.9 Å². The van der Waals surface area contributed by atoms with Crippen molar-refractivity contribution in [3.05, 3.63) is 22.9 Å². The van der Waals surface area contributed by atoms with Crippen LogP contribution in [0.25, 0.3) is 0 Å². The van der Waals surface area contributed by atoms with Crippen LogP contribution in [0.2, 0.25) is 0 Å². The molecule has 0 aliphatic rings. The molecule has 0 N–H and O–H groups in total. The third-order valence-electron chi connectivity index (χ3n) is 1.90. The maximum absolute atomic E-state index is 5.33. The van der Waals surface area contributed by atoms with Gasteiger partial charge in [-0.3, -0.25) is 0 Å². The summed E-state index contributed by atoms with van der Waals surface area (Å²) in [6.07, 6.45) is 1.69. The Morgan fingerprint density at radius 1 is 1.21 bits per heavy atom. The normalized spacial score (nSPS) is 11.7. The van der Waals surface area contributed by atoms with Crippen molar-refractivity contribution in [2.75, 3.05) is 21.3 Å². The van der Waals surface area contributed by atoms with Gasteiger partial charge < -0.3 is 13.3 Å². The van der Waals surface area contributed by atoms with E-state index in [0.717, 1.165) is 5.19 Å². The number of pyridine rings is 1. The lowest BCUT2D eigenvalue weighted by atomic mass is 10.5. The summed E-state index contributed by atoms with van der Waals surface area (Å²) in [5, 5.41) is 0.826. The van der Waals surface area contributed by atoms with Gasteiger partial charge in [0.15, 0.2) is 0 Å². The molecular formula is C8H12BrNO3Si. The number of aromatic nitrogens is 1. The van der Waals surface area contributed by atoms with Crippen LogP contribution in [0.5, 0.6) is 0 Å². The van der Waals surface area contributed by atoms with Crippen molar-refractivity contribution >= 4 is 29.9 Å². The second kappa shape index (κ2) is 4.99. The first-order valence-corrected chi connectivity index (χ1v) is 6.48. The summed E-state index contributed by atoms with van der Waals surface area (Å²) in [5.74, 6) is 0. The number of hydrogen-bond donors (Lipinski definition) is 0. The van der Waals surface area contributed by atoms with Gasteiger partial charge >= 0.3 is 8.80 Å². The highest BCUT2D eigenvalue weighted by atomic mass is 79.9. The topological polar surface area (TPSA) is 40.6 Å². The predicted molar refractivity (Wildman–Crippen MR) is 58.4 cm³/mol. The zero-order chi connectivity index (χ0) is 10.6. The van der Waals surface area contributed by atoms with Gasteiger partial charge in [0.2, 0.25) is 0 Å². The van der Waals surface area contributed by atoms with Crippen molar-refractivity contribution < 1.29 is 13.3 Å². The molecule has 6 heteroatoms. The monoisotopic (exact) mass is 277 g/mol. The van der Waals surface area contributed by atoms with Crippen LogP contribution < -0.4 is 5.19 Å². The Labute approximate surface area is 92.7 Å². The van der Waals surface area contributed by atoms with Gasteiger partial charge in [-0.1, -0.05) is 6.07 Å². The Morgan fingerprint density at radius 2 is 1.79 bits per heavy atom. The molecule has 1 aromatic heterocycles. The molecule has 0 aliphatic heterocycles. The maximum atomic E-state index is 5.33. The zero-order valence-corrected chi connectivity index (χ0v) is 10.9. The maximum Gasteiger partial charge on any atom is 0.539 e. The Balaban J connectivity index is 3.17. The fourth-order valence-electron chi connectivity index (χ4n) is 1.19. The van der Waals surface area contributed by atoms with Gasteiger partial charge in [0.05, 0.1) is 5.19 Å². The van der Waals surface area contributed by atoms with Crippen molar-refractivity contribution in [2.24, 2.45) is 0 Å². The van der Waals surface area contributed by atoms with Gasteiger partial charge in [-0.2, -0.15) is 0 Å². The van der Waals surface area contributed by atoms with Crippen molar-refractivity contribution in [1.82, 2.24) is 4.98 Å². The van der Waals surface area contributed by atoms with E-state index in [4.69, 9.17) is 13.3 Å². The van der Waals surface area contributed by atoms with Crippen molar-refractivity contribution in [3.63, 3.8) is 0 Å². The largest absolute Gasteiger partial charge is 0.539 e. The van der Waals surface area contributed by atoms with Crippen LogP contribution in [0.15, 0.2) is 22.9 Å². The molecule has 1 heterocycles. The fourth-order valence-corrected chi connectivity index (χ4v) is 3.95. The second-order valence-corrected chi connectivity index (χ2v) is 6.14. The number of rotatable bonds is 4. The second-order valence-electron chi connectivity index (χ2n) is 2.51. The summed E-state index contributed by atoms with van der Waals surface area (Å²) < 4.78 is 16.7. The van der Waals surface area contributed by atoms with Crippen molar-refractivity contribution in [2.45, 2.75) is 0 Å². The summed E-state index contributed by atoms with van der Waals surface area (Å²) >= 11 is 3.34. The van der Waals surface area contributed by atoms with E-state index in [1.165, 1.54) is 0 Å². The van der Waals surface area contributed by atoms with Gasteiger partial charge in [0, 0.05) is 27.5 Å². The number of hydrogen-bond acceptors (Lipinski definition) is 4. The first-order valence-electron chi connectivity index (χ1n) is 3.96. The molecule has 0 atom stereocenters. The molecule has 0 radical (unpaired) electrons. The summed E-state index contributed by atoms with van der Waals surface area (Å²) in [4.78, 5) is 4.10. The highest BCUT2D eigenvalue weighted by molar-refractivity contribution is 9.10. The van der Waals surface area contributed by atoms with E-state index < -0.39 is 8.80 Å². The molecule has 0 unspecified atom stereocenters. The van der Waals surface area contributed by atoms with Crippen LogP contribution in [0.4, 0.5) is 0 Å². The van der Waals surface area contributed by atoms with Crippen LogP contribution in [-0.4, -0.2) is 35.1 Å². The summed E-state index contributed by atoms with van der Waals surface area (Å²) in [5.41, 5.74) is 0. The van der Waals surface area contributed by atoms with Gasteiger partial charge in [-0.05, 0) is 22.0 Å². The van der Waals surface area contributed by atoms with Crippen LogP contribution in [0, 0.1) is 0 Å². The van der Waals surface area contributed by atoms with Gasteiger partial charge in [0.25, 0.3) is 0 Å². The van der Waals surface area contributed by atoms with E-state index in [9.17, 15) is 0 Å². The standard InChI is InChI=1S/C8H12BrNO3Si/c1-11-14(12-2,13-3)7-5-4-6-10-8(7)9/h4-6H,1-3H3. The third-order valence-corrected chi connectivity index (χ3v) is 5.57. The summed E-state index contributed by atoms with van der Waals surface area (Å²) in [6, 6.07) is 3.69. The zero-order valence-electron chi connectivity index (χ0n) is 8.28. The summed E-state index contributed by atoms with van der Waals surface area (Å²) in [6.45, 7) is 0. The van der Waals surface area contributed by atoms with Gasteiger partial charge in [0.1, 0.15) is 4.60 Å². The minimum absolute atomic E-state index is 0.692. The Hall–Kier alpha value is -0.273. The Morgan fingerprint density at radius 3 is 2.21 bits per heavy atom. The molecule has 78 valence electrons. The number of halogens is 1. The Bertz CT molecular complexity index is 298. The van der Waals surface area contributed by atoms with Crippen LogP contribution in [-0.2, 0) is 13.3 Å². The molecule has 0 aliphatic carbocycles. The molecule has 1 rings (SSSR count). The molecule has 0 bridgehead atoms. The lowest BCUT2D eigenvalue weighted by Crippen LogP contribution is -2.55. The SMILES string of the molecule is CO[Si](OC)(OC)c1cccnc1Br. The molecule has 0 fully saturated rings. The molecule has 0 amide bonds. The molecule has 1 aromatic rings. The first kappa shape index (κ1) is 11.8. The van der Waals surface area contributed by atoms with Gasteiger partial charge in [-0.25, -0.2) is 4.98 Å². The van der Waals surface area contributed by atoms with Gasteiger partial charge in [-0.15, -0.1) is 0 Å². The van der Waals surface area contributed by atoms with Crippen molar-refractivity contribution in [1.29, 1.82) is 0 Å². The van der Waals surface area contributed by atoms with E-state index in [1.807, 2.05) is 12.1 Å². The molecule has 0 saturated heterocycles. The lowest BCUT2D eigenvalue weighted by molar-refractivity contribution is 0.140. The van der Waals surface area contributed by atoms with E-state index in [-0.39, 0.29) is 0 Å². The van der Waals surface area contributed by atoms with Crippen LogP contribution >= 0.6 is 15.9 Å². The molecule has 4 nitrogen and oxygen atoms in total. The average Bonchev–Trinajstić information content (AvgIpc) is 2.24. The lowest BCUT2D eigenvalue weighted by Gasteiger charge is -2.24. The quantitative estimate of drug-likeness (QED) is 0.607. The highest BCUT2D eigenvalue weighted by Gasteiger charge is 2.42. The molecule has 0 saturated carbocycles. The van der Waals surface area contributed by atoms with Crippen molar-refractivity contribution in [3.8, 4) is 0 Å². The Kier molecular flexibility index (Phi) is 4.21. The van der Waals surface area contributed by atoms with E-state index in [1.54, 1.807) is 27.5 Å². The van der Waals surface area contributed by atoms with Crippen LogP contribution in [0.3, 0.4) is 0 Å². The van der Waals surface area contributed by atoms with E-state index in [0.29, 0.717) is 4.60 Å². The fraction of sp³-hybridized carbons (Fsp3) is 0.375. The number of nitrogens with zero attached hydrogens (tertiary/aromatic N) is 1. The highest BCUT2D eigenvalue weighted by Crippen LogP contribution is 2.12. The third kappa shape index (κ3) is 2.04.